The molecule has 0 N–H and O–H groups in total. The van der Waals surface area contributed by atoms with Gasteiger partial charge in [0.2, 0.25) is 0 Å². The van der Waals surface area contributed by atoms with Gasteiger partial charge >= 0.3 is 5.97 Å². The van der Waals surface area contributed by atoms with Crippen molar-refractivity contribution in [2.75, 3.05) is 13.2 Å². The lowest BCUT2D eigenvalue weighted by Gasteiger charge is -2.12. The fourth-order valence-electron chi connectivity index (χ4n) is 5.17. The Morgan fingerprint density at radius 1 is 0.675 bits per heavy atom. The minimum atomic E-state index is -0.218. The van der Waals surface area contributed by atoms with Crippen LogP contribution in [-0.2, 0) is 17.6 Å². The highest BCUT2D eigenvalue weighted by molar-refractivity contribution is 5.89. The van der Waals surface area contributed by atoms with Gasteiger partial charge in [-0.1, -0.05) is 121 Å². The Bertz CT molecular complexity index is 1120. The third-order valence-corrected chi connectivity index (χ3v) is 7.83. The van der Waals surface area contributed by atoms with E-state index in [4.69, 9.17) is 9.47 Å². The lowest BCUT2D eigenvalue weighted by Crippen LogP contribution is -2.12. The lowest BCUT2D eigenvalue weighted by molar-refractivity contribution is 0.0442. The van der Waals surface area contributed by atoms with Gasteiger partial charge < -0.3 is 9.47 Å². The minimum Gasteiger partial charge on any atom is -0.494 e. The second-order valence-corrected chi connectivity index (χ2v) is 11.6. The molecule has 3 aromatic carbocycles. The Balaban J connectivity index is 1.38. The first-order valence-corrected chi connectivity index (χ1v) is 16.0. The topological polar surface area (TPSA) is 35.5 Å². The van der Waals surface area contributed by atoms with Gasteiger partial charge in [0.25, 0.3) is 0 Å². The summed E-state index contributed by atoms with van der Waals surface area (Å²) in [7, 11) is 0. The van der Waals surface area contributed by atoms with Crippen LogP contribution in [0.1, 0.15) is 119 Å². The van der Waals surface area contributed by atoms with Crippen molar-refractivity contribution in [3.63, 3.8) is 0 Å². The Kier molecular flexibility index (Phi) is 14.7. The van der Waals surface area contributed by atoms with Crippen LogP contribution in [0, 0.1) is 5.92 Å². The molecule has 0 amide bonds. The Labute approximate surface area is 243 Å². The predicted molar refractivity (Wildman–Crippen MR) is 169 cm³/mol. The Morgan fingerprint density at radius 3 is 2.02 bits per heavy atom. The van der Waals surface area contributed by atoms with Crippen LogP contribution in [0.3, 0.4) is 0 Å². The van der Waals surface area contributed by atoms with E-state index in [0.717, 1.165) is 38.0 Å². The number of ether oxygens (including phenoxy) is 2. The molecule has 40 heavy (non-hydrogen) atoms. The van der Waals surface area contributed by atoms with E-state index >= 15 is 0 Å². The molecule has 0 saturated heterocycles. The molecule has 0 aliphatic rings. The van der Waals surface area contributed by atoms with Crippen LogP contribution in [0.25, 0.3) is 10.8 Å². The zero-order valence-electron chi connectivity index (χ0n) is 25.4. The zero-order valence-corrected chi connectivity index (χ0v) is 25.4. The number of benzene rings is 3. The van der Waals surface area contributed by atoms with Gasteiger partial charge in [-0.15, -0.1) is 0 Å². The summed E-state index contributed by atoms with van der Waals surface area (Å²) >= 11 is 0. The number of hydrogen-bond acceptors (Lipinski definition) is 3. The van der Waals surface area contributed by atoms with Crippen molar-refractivity contribution in [1.29, 1.82) is 0 Å². The Hall–Kier alpha value is -2.81. The average Bonchev–Trinajstić information content (AvgIpc) is 2.98. The predicted octanol–water partition coefficient (Wildman–Crippen LogP) is 10.5. The van der Waals surface area contributed by atoms with Gasteiger partial charge in [-0.2, -0.15) is 0 Å². The largest absolute Gasteiger partial charge is 0.494 e. The number of hydrogen-bond donors (Lipinski definition) is 0. The number of carbonyl (C=O) groups is 1. The number of unbranched alkanes of at least 4 members (excludes halogenated alkanes) is 9. The molecule has 0 aliphatic carbocycles. The summed E-state index contributed by atoms with van der Waals surface area (Å²) in [5.41, 5.74) is 3.19. The number of rotatable bonds is 20. The van der Waals surface area contributed by atoms with Gasteiger partial charge in [0.1, 0.15) is 5.75 Å². The highest BCUT2D eigenvalue weighted by atomic mass is 16.5. The van der Waals surface area contributed by atoms with Crippen molar-refractivity contribution in [2.45, 2.75) is 111 Å². The number of esters is 1. The van der Waals surface area contributed by atoms with Crippen LogP contribution < -0.4 is 4.74 Å². The highest BCUT2D eigenvalue weighted by Gasteiger charge is 2.10. The average molecular weight is 545 g/mol. The standard InChI is InChI=1S/C37H52O3/c1-4-6-8-9-10-11-12-14-26-39-36-25-24-34-27-32(20-23-35(34)28-36)17-16-31-18-21-33(22-19-31)37(38)40-29-30(3)15-13-7-5-2/h18-25,27-28,30H,4-17,26,29H2,1-3H3/t30-/m1/s1. The minimum absolute atomic E-state index is 0.218. The summed E-state index contributed by atoms with van der Waals surface area (Å²) in [5.74, 6) is 1.16. The van der Waals surface area contributed by atoms with Crippen molar-refractivity contribution in [3.05, 3.63) is 77.4 Å². The highest BCUT2D eigenvalue weighted by Crippen LogP contribution is 2.23. The van der Waals surface area contributed by atoms with Crippen molar-refractivity contribution in [3.8, 4) is 5.75 Å². The SMILES string of the molecule is CCCCCCCCCCOc1ccc2cc(CCc3ccc(C(=O)OC[C@H](C)CCCCC)cc3)ccc2c1. The van der Waals surface area contributed by atoms with E-state index in [1.807, 2.05) is 12.1 Å². The van der Waals surface area contributed by atoms with E-state index < -0.39 is 0 Å². The molecule has 0 spiro atoms. The molecular formula is C37H52O3. The van der Waals surface area contributed by atoms with Gasteiger partial charge in [-0.25, -0.2) is 4.79 Å². The van der Waals surface area contributed by atoms with Gasteiger partial charge in [-0.3, -0.25) is 0 Å². The molecule has 0 unspecified atom stereocenters. The molecule has 0 bridgehead atoms. The summed E-state index contributed by atoms with van der Waals surface area (Å²) in [6.07, 6.45) is 17.2. The van der Waals surface area contributed by atoms with Crippen molar-refractivity contribution >= 4 is 16.7 Å². The number of aryl methyl sites for hydroxylation is 2. The molecule has 0 aromatic heterocycles. The van der Waals surface area contributed by atoms with Gasteiger partial charge in [0.15, 0.2) is 0 Å². The normalized spacial score (nSPS) is 12.0. The first kappa shape index (κ1) is 31.7. The Morgan fingerprint density at radius 2 is 1.27 bits per heavy atom. The third kappa shape index (κ3) is 11.7. The van der Waals surface area contributed by atoms with Gasteiger partial charge in [0, 0.05) is 0 Å². The van der Waals surface area contributed by atoms with Crippen molar-refractivity contribution in [2.24, 2.45) is 5.92 Å². The lowest BCUT2D eigenvalue weighted by atomic mass is 10.0. The molecule has 3 nitrogen and oxygen atoms in total. The monoisotopic (exact) mass is 544 g/mol. The van der Waals surface area contributed by atoms with Crippen molar-refractivity contribution in [1.82, 2.24) is 0 Å². The molecule has 218 valence electrons. The molecule has 0 fully saturated rings. The van der Waals surface area contributed by atoms with E-state index in [1.165, 1.54) is 86.1 Å². The van der Waals surface area contributed by atoms with E-state index in [2.05, 4.69) is 69.3 Å². The van der Waals surface area contributed by atoms with Crippen LogP contribution in [0.2, 0.25) is 0 Å². The molecule has 0 aliphatic heterocycles. The molecule has 3 rings (SSSR count). The molecule has 3 aromatic rings. The molecule has 3 heteroatoms. The van der Waals surface area contributed by atoms with Crippen LogP contribution >= 0.6 is 0 Å². The molecule has 0 radical (unpaired) electrons. The van der Waals surface area contributed by atoms with E-state index in [0.29, 0.717) is 18.1 Å². The second-order valence-electron chi connectivity index (χ2n) is 11.6. The molecule has 0 heterocycles. The first-order valence-electron chi connectivity index (χ1n) is 16.0. The van der Waals surface area contributed by atoms with E-state index in [-0.39, 0.29) is 5.97 Å². The van der Waals surface area contributed by atoms with Gasteiger partial charge in [-0.05, 0) is 77.8 Å². The summed E-state index contributed by atoms with van der Waals surface area (Å²) < 4.78 is 11.6. The molecule has 1 atom stereocenters. The summed E-state index contributed by atoms with van der Waals surface area (Å²) in [5, 5.41) is 2.47. The first-order chi connectivity index (χ1) is 19.6. The van der Waals surface area contributed by atoms with E-state index in [1.54, 1.807) is 0 Å². The van der Waals surface area contributed by atoms with Crippen LogP contribution in [0.15, 0.2) is 60.7 Å². The maximum absolute atomic E-state index is 12.4. The quantitative estimate of drug-likeness (QED) is 0.105. The fourth-order valence-corrected chi connectivity index (χ4v) is 5.17. The third-order valence-electron chi connectivity index (χ3n) is 7.83. The smallest absolute Gasteiger partial charge is 0.338 e. The zero-order chi connectivity index (χ0) is 28.4. The summed E-state index contributed by atoms with van der Waals surface area (Å²) in [6.45, 7) is 7.93. The molecular weight excluding hydrogens is 492 g/mol. The van der Waals surface area contributed by atoms with Crippen LogP contribution in [0.5, 0.6) is 5.75 Å². The van der Waals surface area contributed by atoms with Crippen LogP contribution in [0.4, 0.5) is 0 Å². The van der Waals surface area contributed by atoms with Gasteiger partial charge in [0.05, 0.1) is 18.8 Å². The number of fused-ring (bicyclic) bond motifs is 1. The summed E-state index contributed by atoms with van der Waals surface area (Å²) in [4.78, 5) is 12.4. The van der Waals surface area contributed by atoms with E-state index in [9.17, 15) is 4.79 Å². The fraction of sp³-hybridized carbons (Fsp3) is 0.541. The van der Waals surface area contributed by atoms with Crippen LogP contribution in [-0.4, -0.2) is 19.2 Å². The maximum Gasteiger partial charge on any atom is 0.338 e. The molecule has 0 saturated carbocycles. The summed E-state index contributed by atoms with van der Waals surface area (Å²) in [6, 6.07) is 21.0. The number of carbonyl (C=O) groups excluding carboxylic acids is 1. The second kappa shape index (κ2) is 18.5. The maximum atomic E-state index is 12.4. The van der Waals surface area contributed by atoms with Crippen molar-refractivity contribution < 1.29 is 14.3 Å².